The molecular weight excluding hydrogens is 403 g/mol. The molecule has 6 heteroatoms. The molecule has 2 unspecified atom stereocenters. The summed E-state index contributed by atoms with van der Waals surface area (Å²) in [4.78, 5) is 6.91. The SMILES string of the molecule is CN=C(NCC(C)N1CCC(C)CC1)NCC1(C)CCCO1.I. The van der Waals surface area contributed by atoms with E-state index in [0.29, 0.717) is 6.04 Å². The predicted molar refractivity (Wildman–Crippen MR) is 108 cm³/mol. The molecule has 0 aliphatic carbocycles. The lowest BCUT2D eigenvalue weighted by atomic mass is 9.98. The molecule has 2 saturated heterocycles. The second kappa shape index (κ2) is 10.0. The Kier molecular flexibility index (Phi) is 9.15. The molecule has 23 heavy (non-hydrogen) atoms. The zero-order chi connectivity index (χ0) is 16.0. The minimum Gasteiger partial charge on any atom is -0.373 e. The number of halogens is 1. The van der Waals surface area contributed by atoms with Crippen molar-refractivity contribution >= 4 is 29.9 Å². The number of aliphatic imine (C=N–C) groups is 1. The third-order valence-corrected chi connectivity index (χ3v) is 5.16. The summed E-state index contributed by atoms with van der Waals surface area (Å²) in [7, 11) is 1.83. The zero-order valence-electron chi connectivity index (χ0n) is 15.2. The van der Waals surface area contributed by atoms with Gasteiger partial charge in [-0.1, -0.05) is 6.92 Å². The highest BCUT2D eigenvalue weighted by atomic mass is 127. The van der Waals surface area contributed by atoms with Crippen LogP contribution in [0.5, 0.6) is 0 Å². The lowest BCUT2D eigenvalue weighted by molar-refractivity contribution is 0.0242. The number of rotatable bonds is 5. The third-order valence-electron chi connectivity index (χ3n) is 5.16. The first-order valence-electron chi connectivity index (χ1n) is 8.85. The molecule has 2 rings (SSSR count). The van der Waals surface area contributed by atoms with Gasteiger partial charge in [0.15, 0.2) is 5.96 Å². The van der Waals surface area contributed by atoms with E-state index < -0.39 is 0 Å². The molecule has 0 aromatic carbocycles. The van der Waals surface area contributed by atoms with E-state index in [2.05, 4.69) is 41.3 Å². The Bertz CT molecular complexity index is 364. The Morgan fingerprint density at radius 3 is 2.61 bits per heavy atom. The molecule has 2 atom stereocenters. The molecule has 2 heterocycles. The molecule has 0 spiro atoms. The monoisotopic (exact) mass is 438 g/mol. The second-order valence-electron chi connectivity index (χ2n) is 7.28. The number of likely N-dealkylation sites (tertiary alicyclic amines) is 1. The van der Waals surface area contributed by atoms with Gasteiger partial charge in [-0.25, -0.2) is 0 Å². The van der Waals surface area contributed by atoms with Gasteiger partial charge in [0.05, 0.1) is 5.60 Å². The Morgan fingerprint density at radius 2 is 2.04 bits per heavy atom. The van der Waals surface area contributed by atoms with Crippen LogP contribution >= 0.6 is 24.0 Å². The highest BCUT2D eigenvalue weighted by Gasteiger charge is 2.29. The van der Waals surface area contributed by atoms with E-state index in [1.807, 2.05) is 7.05 Å². The van der Waals surface area contributed by atoms with E-state index in [0.717, 1.165) is 44.4 Å². The third kappa shape index (κ3) is 6.74. The number of ether oxygens (including phenoxy) is 1. The van der Waals surface area contributed by atoms with Crippen molar-refractivity contribution in [2.24, 2.45) is 10.9 Å². The maximum atomic E-state index is 5.81. The van der Waals surface area contributed by atoms with Gasteiger partial charge < -0.3 is 15.4 Å². The Labute approximate surface area is 159 Å². The fraction of sp³-hybridized carbons (Fsp3) is 0.941. The molecule has 0 radical (unpaired) electrons. The summed E-state index contributed by atoms with van der Waals surface area (Å²) in [5, 5.41) is 6.87. The summed E-state index contributed by atoms with van der Waals surface area (Å²) in [6.45, 7) is 11.9. The Morgan fingerprint density at radius 1 is 1.35 bits per heavy atom. The maximum Gasteiger partial charge on any atom is 0.191 e. The van der Waals surface area contributed by atoms with Crippen molar-refractivity contribution in [3.05, 3.63) is 0 Å². The summed E-state index contributed by atoms with van der Waals surface area (Å²) in [5.41, 5.74) is -0.0355. The number of piperidine rings is 1. The summed E-state index contributed by atoms with van der Waals surface area (Å²) >= 11 is 0. The first-order valence-corrected chi connectivity index (χ1v) is 8.85. The summed E-state index contributed by atoms with van der Waals surface area (Å²) in [6.07, 6.45) is 4.94. The number of hydrogen-bond acceptors (Lipinski definition) is 3. The molecule has 2 aliphatic heterocycles. The minimum absolute atomic E-state index is 0. The average molecular weight is 438 g/mol. The lowest BCUT2D eigenvalue weighted by Gasteiger charge is -2.35. The first kappa shape index (κ1) is 21.0. The fourth-order valence-corrected chi connectivity index (χ4v) is 3.31. The minimum atomic E-state index is -0.0355. The number of hydrogen-bond donors (Lipinski definition) is 2. The molecule has 2 N–H and O–H groups in total. The van der Waals surface area contributed by atoms with Crippen LogP contribution in [0.3, 0.4) is 0 Å². The van der Waals surface area contributed by atoms with Gasteiger partial charge in [0.2, 0.25) is 0 Å². The van der Waals surface area contributed by atoms with Crippen LogP contribution in [-0.2, 0) is 4.74 Å². The maximum absolute atomic E-state index is 5.81. The van der Waals surface area contributed by atoms with Crippen LogP contribution in [0.25, 0.3) is 0 Å². The van der Waals surface area contributed by atoms with Crippen molar-refractivity contribution in [1.82, 2.24) is 15.5 Å². The van der Waals surface area contributed by atoms with E-state index in [4.69, 9.17) is 4.74 Å². The summed E-state index contributed by atoms with van der Waals surface area (Å²) in [5.74, 6) is 1.77. The standard InChI is InChI=1S/C17H34N4O.HI/c1-14-6-9-21(10-7-14)15(2)12-19-16(18-4)20-13-17(3)8-5-11-22-17;/h14-15H,5-13H2,1-4H3,(H2,18,19,20);1H. The number of nitrogens with one attached hydrogen (secondary N) is 2. The van der Waals surface area contributed by atoms with Crippen molar-refractivity contribution in [2.75, 3.05) is 39.8 Å². The van der Waals surface area contributed by atoms with Crippen LogP contribution in [0.15, 0.2) is 4.99 Å². The molecule has 0 aromatic rings. The van der Waals surface area contributed by atoms with E-state index in [-0.39, 0.29) is 29.6 Å². The van der Waals surface area contributed by atoms with Crippen LogP contribution in [0.4, 0.5) is 0 Å². The molecule has 2 aliphatic rings. The highest BCUT2D eigenvalue weighted by molar-refractivity contribution is 14.0. The molecular formula is C17H35IN4O. The molecule has 0 saturated carbocycles. The van der Waals surface area contributed by atoms with Gasteiger partial charge in [-0.3, -0.25) is 9.89 Å². The van der Waals surface area contributed by atoms with Gasteiger partial charge >= 0.3 is 0 Å². The van der Waals surface area contributed by atoms with Gasteiger partial charge in [0.1, 0.15) is 0 Å². The normalized spacial score (nSPS) is 28.3. The fourth-order valence-electron chi connectivity index (χ4n) is 3.31. The molecule has 0 bridgehead atoms. The topological polar surface area (TPSA) is 48.9 Å². The van der Waals surface area contributed by atoms with Crippen LogP contribution in [0.2, 0.25) is 0 Å². The van der Waals surface area contributed by atoms with Crippen molar-refractivity contribution < 1.29 is 4.74 Å². The van der Waals surface area contributed by atoms with Gasteiger partial charge in [0.25, 0.3) is 0 Å². The molecule has 0 amide bonds. The van der Waals surface area contributed by atoms with E-state index in [1.165, 1.54) is 25.9 Å². The first-order chi connectivity index (χ1) is 10.5. The van der Waals surface area contributed by atoms with Crippen LogP contribution < -0.4 is 10.6 Å². The molecule has 136 valence electrons. The van der Waals surface area contributed by atoms with Crippen molar-refractivity contribution in [3.8, 4) is 0 Å². The van der Waals surface area contributed by atoms with Crippen LogP contribution in [0.1, 0.15) is 46.5 Å². The predicted octanol–water partition coefficient (Wildman–Crippen LogP) is 2.46. The van der Waals surface area contributed by atoms with Crippen molar-refractivity contribution in [1.29, 1.82) is 0 Å². The quantitative estimate of drug-likeness (QED) is 0.394. The zero-order valence-corrected chi connectivity index (χ0v) is 17.6. The van der Waals surface area contributed by atoms with E-state index >= 15 is 0 Å². The average Bonchev–Trinajstić information content (AvgIpc) is 2.95. The highest BCUT2D eigenvalue weighted by Crippen LogP contribution is 2.23. The smallest absolute Gasteiger partial charge is 0.191 e. The van der Waals surface area contributed by atoms with Crippen LogP contribution in [0, 0.1) is 5.92 Å². The summed E-state index contributed by atoms with van der Waals surface area (Å²) in [6, 6.07) is 0.546. The molecule has 2 fully saturated rings. The van der Waals surface area contributed by atoms with Gasteiger partial charge in [-0.2, -0.15) is 0 Å². The Hall–Kier alpha value is -0.0800. The summed E-state index contributed by atoms with van der Waals surface area (Å²) < 4.78 is 5.81. The van der Waals surface area contributed by atoms with E-state index in [1.54, 1.807) is 0 Å². The van der Waals surface area contributed by atoms with E-state index in [9.17, 15) is 0 Å². The van der Waals surface area contributed by atoms with Crippen molar-refractivity contribution in [3.63, 3.8) is 0 Å². The second-order valence-corrected chi connectivity index (χ2v) is 7.28. The van der Waals surface area contributed by atoms with Crippen molar-refractivity contribution in [2.45, 2.75) is 58.1 Å². The molecule has 5 nitrogen and oxygen atoms in total. The lowest BCUT2D eigenvalue weighted by Crippen LogP contribution is -2.50. The largest absolute Gasteiger partial charge is 0.373 e. The van der Waals surface area contributed by atoms with Gasteiger partial charge in [-0.15, -0.1) is 24.0 Å². The Balaban J connectivity index is 0.00000264. The van der Waals surface area contributed by atoms with Gasteiger partial charge in [-0.05, 0) is 58.5 Å². The van der Waals surface area contributed by atoms with Gasteiger partial charge in [0, 0.05) is 32.8 Å². The molecule has 0 aromatic heterocycles. The van der Waals surface area contributed by atoms with Crippen LogP contribution in [-0.4, -0.2) is 62.3 Å². The number of nitrogens with zero attached hydrogens (tertiary/aromatic N) is 2. The number of guanidine groups is 1.